The number of ether oxygens (including phenoxy) is 2. The van der Waals surface area contributed by atoms with E-state index in [1.165, 1.54) is 19.2 Å². The molecule has 1 heterocycles. The van der Waals surface area contributed by atoms with Crippen molar-refractivity contribution in [1.82, 2.24) is 0 Å². The molecule has 3 nitrogen and oxygen atoms in total. The van der Waals surface area contributed by atoms with E-state index in [4.69, 9.17) is 4.74 Å². The smallest absolute Gasteiger partial charge is 0.337 e. The summed E-state index contributed by atoms with van der Waals surface area (Å²) in [5, 5.41) is 0. The van der Waals surface area contributed by atoms with Crippen molar-refractivity contribution in [3.05, 3.63) is 64.5 Å². The molecule has 0 amide bonds. The maximum absolute atomic E-state index is 14.1. The molecule has 2 aromatic rings. The third-order valence-corrected chi connectivity index (χ3v) is 3.86. The number of rotatable bonds is 2. The third kappa shape index (κ3) is 2.76. The van der Waals surface area contributed by atoms with Gasteiger partial charge in [-0.05, 0) is 24.6 Å². The van der Waals surface area contributed by atoms with Gasteiger partial charge in [0.05, 0.1) is 19.3 Å². The minimum absolute atomic E-state index is 0.224. The lowest BCUT2D eigenvalue weighted by atomic mass is 9.85. The predicted octanol–water partition coefficient (Wildman–Crippen LogP) is 3.80. The number of carbonyl (C=O) groups excluding carboxylic acids is 1. The molecular formula is C17H13F3O3. The fourth-order valence-corrected chi connectivity index (χ4v) is 2.83. The van der Waals surface area contributed by atoms with Gasteiger partial charge in [0, 0.05) is 29.2 Å². The number of hydrogen-bond donors (Lipinski definition) is 0. The standard InChI is InChI=1S/C17H13F3O3/c1-22-17(21)9-2-3-15-12(6-9)11(4-5-23-15)16-13(19)7-10(18)8-14(16)20/h2-3,6-8,11H,4-5H2,1H3. The van der Waals surface area contributed by atoms with Crippen LogP contribution in [0.15, 0.2) is 30.3 Å². The molecule has 6 heteroatoms. The minimum atomic E-state index is -0.973. The molecule has 0 N–H and O–H groups in total. The number of methoxy groups -OCH3 is 1. The van der Waals surface area contributed by atoms with E-state index in [0.29, 0.717) is 29.9 Å². The molecule has 0 spiro atoms. The van der Waals surface area contributed by atoms with Gasteiger partial charge in [0.15, 0.2) is 0 Å². The van der Waals surface area contributed by atoms with Crippen LogP contribution in [0.5, 0.6) is 5.75 Å². The van der Waals surface area contributed by atoms with Crippen molar-refractivity contribution >= 4 is 5.97 Å². The Morgan fingerprint density at radius 1 is 1.17 bits per heavy atom. The minimum Gasteiger partial charge on any atom is -0.493 e. The predicted molar refractivity (Wildman–Crippen MR) is 76.1 cm³/mol. The summed E-state index contributed by atoms with van der Waals surface area (Å²) < 4.78 is 51.5. The Morgan fingerprint density at radius 2 is 1.87 bits per heavy atom. The Kier molecular flexibility index (Phi) is 3.98. The third-order valence-electron chi connectivity index (χ3n) is 3.86. The second kappa shape index (κ2) is 5.95. The summed E-state index contributed by atoms with van der Waals surface area (Å²) in [6.07, 6.45) is 0.317. The fourth-order valence-electron chi connectivity index (χ4n) is 2.83. The van der Waals surface area contributed by atoms with E-state index in [1.54, 1.807) is 6.07 Å². The molecule has 1 aliphatic rings. The van der Waals surface area contributed by atoms with Gasteiger partial charge in [0.2, 0.25) is 0 Å². The summed E-state index contributed by atoms with van der Waals surface area (Å²) in [5.74, 6) is -3.66. The lowest BCUT2D eigenvalue weighted by Crippen LogP contribution is -2.18. The average molecular weight is 322 g/mol. The highest BCUT2D eigenvalue weighted by Crippen LogP contribution is 2.40. The van der Waals surface area contributed by atoms with Crippen LogP contribution in [0.3, 0.4) is 0 Å². The first-order valence-corrected chi connectivity index (χ1v) is 7.00. The van der Waals surface area contributed by atoms with Crippen LogP contribution in [-0.2, 0) is 4.74 Å². The summed E-state index contributed by atoms with van der Waals surface area (Å²) in [4.78, 5) is 11.7. The molecule has 0 fully saturated rings. The Balaban J connectivity index is 2.13. The first kappa shape index (κ1) is 15.4. The Bertz CT molecular complexity index is 751. The zero-order chi connectivity index (χ0) is 16.6. The van der Waals surface area contributed by atoms with Crippen molar-refractivity contribution in [2.24, 2.45) is 0 Å². The summed E-state index contributed by atoms with van der Waals surface area (Å²) in [5.41, 5.74) is 0.506. The summed E-state index contributed by atoms with van der Waals surface area (Å²) in [7, 11) is 1.25. The van der Waals surface area contributed by atoms with Crippen LogP contribution < -0.4 is 4.74 Å². The number of benzene rings is 2. The lowest BCUT2D eigenvalue weighted by molar-refractivity contribution is 0.0600. The highest BCUT2D eigenvalue weighted by atomic mass is 19.1. The zero-order valence-electron chi connectivity index (χ0n) is 12.2. The first-order valence-electron chi connectivity index (χ1n) is 7.00. The van der Waals surface area contributed by atoms with Crippen LogP contribution in [0, 0.1) is 17.5 Å². The molecule has 0 radical (unpaired) electrons. The molecule has 1 aliphatic heterocycles. The highest BCUT2D eigenvalue weighted by Gasteiger charge is 2.29. The van der Waals surface area contributed by atoms with E-state index >= 15 is 0 Å². The van der Waals surface area contributed by atoms with Gasteiger partial charge in [0.1, 0.15) is 23.2 Å². The molecular weight excluding hydrogens is 309 g/mol. The second-order valence-corrected chi connectivity index (χ2v) is 5.22. The van der Waals surface area contributed by atoms with Crippen LogP contribution in [0.25, 0.3) is 0 Å². The first-order chi connectivity index (χ1) is 11.0. The van der Waals surface area contributed by atoms with Gasteiger partial charge in [-0.15, -0.1) is 0 Å². The SMILES string of the molecule is COC(=O)c1ccc2c(c1)C(c1c(F)cc(F)cc1F)CCO2. The van der Waals surface area contributed by atoms with Crippen molar-refractivity contribution in [2.75, 3.05) is 13.7 Å². The molecule has 23 heavy (non-hydrogen) atoms. The van der Waals surface area contributed by atoms with Crippen molar-refractivity contribution in [3.63, 3.8) is 0 Å². The topological polar surface area (TPSA) is 35.5 Å². The summed E-state index contributed by atoms with van der Waals surface area (Å²) >= 11 is 0. The van der Waals surface area contributed by atoms with E-state index in [0.717, 1.165) is 0 Å². The summed E-state index contributed by atoms with van der Waals surface area (Å²) in [6, 6.07) is 5.88. The molecule has 0 saturated carbocycles. The van der Waals surface area contributed by atoms with Gasteiger partial charge >= 0.3 is 5.97 Å². The second-order valence-electron chi connectivity index (χ2n) is 5.22. The van der Waals surface area contributed by atoms with Crippen LogP contribution in [0.4, 0.5) is 13.2 Å². The number of esters is 1. The van der Waals surface area contributed by atoms with Crippen LogP contribution in [0.2, 0.25) is 0 Å². The monoisotopic (exact) mass is 322 g/mol. The van der Waals surface area contributed by atoms with Gasteiger partial charge in [-0.1, -0.05) is 0 Å². The lowest BCUT2D eigenvalue weighted by Gasteiger charge is -2.27. The van der Waals surface area contributed by atoms with E-state index in [2.05, 4.69) is 4.74 Å². The van der Waals surface area contributed by atoms with E-state index in [-0.39, 0.29) is 17.7 Å². The van der Waals surface area contributed by atoms with E-state index < -0.39 is 29.3 Å². The van der Waals surface area contributed by atoms with Gasteiger partial charge < -0.3 is 9.47 Å². The van der Waals surface area contributed by atoms with Crippen LogP contribution >= 0.6 is 0 Å². The van der Waals surface area contributed by atoms with Crippen molar-refractivity contribution in [2.45, 2.75) is 12.3 Å². The van der Waals surface area contributed by atoms with Crippen molar-refractivity contribution in [3.8, 4) is 5.75 Å². The van der Waals surface area contributed by atoms with Crippen LogP contribution in [-0.4, -0.2) is 19.7 Å². The molecule has 0 aromatic heterocycles. The molecule has 2 aromatic carbocycles. The maximum Gasteiger partial charge on any atom is 0.337 e. The fraction of sp³-hybridized carbons (Fsp3) is 0.235. The summed E-state index contributed by atoms with van der Waals surface area (Å²) in [6.45, 7) is 0.269. The molecule has 1 unspecified atom stereocenters. The molecule has 0 bridgehead atoms. The highest BCUT2D eigenvalue weighted by molar-refractivity contribution is 5.89. The average Bonchev–Trinajstić information content (AvgIpc) is 2.53. The van der Waals surface area contributed by atoms with Gasteiger partial charge in [0.25, 0.3) is 0 Å². The van der Waals surface area contributed by atoms with Gasteiger partial charge in [-0.2, -0.15) is 0 Å². The number of fused-ring (bicyclic) bond motifs is 1. The van der Waals surface area contributed by atoms with Gasteiger partial charge in [-0.3, -0.25) is 0 Å². The molecule has 120 valence electrons. The number of carbonyl (C=O) groups is 1. The molecule has 0 aliphatic carbocycles. The van der Waals surface area contributed by atoms with Crippen LogP contribution in [0.1, 0.15) is 33.8 Å². The Morgan fingerprint density at radius 3 is 2.52 bits per heavy atom. The van der Waals surface area contributed by atoms with E-state index in [9.17, 15) is 18.0 Å². The Labute approximate surface area is 130 Å². The number of hydrogen-bond acceptors (Lipinski definition) is 3. The van der Waals surface area contributed by atoms with Crippen molar-refractivity contribution < 1.29 is 27.4 Å². The Hall–Kier alpha value is -2.50. The maximum atomic E-state index is 14.1. The zero-order valence-corrected chi connectivity index (χ0v) is 12.2. The van der Waals surface area contributed by atoms with Crippen molar-refractivity contribution in [1.29, 1.82) is 0 Å². The molecule has 0 saturated heterocycles. The molecule has 3 rings (SSSR count). The quantitative estimate of drug-likeness (QED) is 0.789. The number of halogens is 3. The van der Waals surface area contributed by atoms with Gasteiger partial charge in [-0.25, -0.2) is 18.0 Å². The largest absolute Gasteiger partial charge is 0.493 e. The normalized spacial score (nSPS) is 16.4. The molecule has 1 atom stereocenters. The van der Waals surface area contributed by atoms with E-state index in [1.807, 2.05) is 0 Å².